The van der Waals surface area contributed by atoms with Crippen LogP contribution < -0.4 is 0 Å². The molecule has 1 aliphatic rings. The summed E-state index contributed by atoms with van der Waals surface area (Å²) in [4.78, 5) is 10.5. The maximum atomic E-state index is 9.60. The van der Waals surface area contributed by atoms with Crippen molar-refractivity contribution in [3.8, 4) is 5.75 Å². The van der Waals surface area contributed by atoms with Gasteiger partial charge < -0.3 is 19.7 Å². The highest BCUT2D eigenvalue weighted by atomic mass is 16.5. The monoisotopic (exact) mass is 337 g/mol. The third kappa shape index (κ3) is 3.52. The molecule has 5 heteroatoms. The SMILES string of the molecule is CN1CCC(OC(c2ccc(O)cc2)c2nc3ccccc3[nH]2)CC1. The van der Waals surface area contributed by atoms with Gasteiger partial charge in [-0.3, -0.25) is 0 Å². The summed E-state index contributed by atoms with van der Waals surface area (Å²) in [6.07, 6.45) is 1.99. The third-order valence-electron chi connectivity index (χ3n) is 4.85. The Hall–Kier alpha value is -2.37. The first-order chi connectivity index (χ1) is 12.2. The molecule has 4 rings (SSSR count). The standard InChI is InChI=1S/C20H23N3O2/c1-23-12-10-16(11-13-23)25-19(14-6-8-15(24)9-7-14)20-21-17-4-2-3-5-18(17)22-20/h2-9,16,19,24H,10-13H2,1H3,(H,21,22). The Morgan fingerprint density at radius 1 is 1.12 bits per heavy atom. The van der Waals surface area contributed by atoms with E-state index in [1.807, 2.05) is 36.4 Å². The zero-order valence-electron chi connectivity index (χ0n) is 14.4. The Morgan fingerprint density at radius 2 is 1.84 bits per heavy atom. The van der Waals surface area contributed by atoms with E-state index in [0.717, 1.165) is 48.4 Å². The van der Waals surface area contributed by atoms with E-state index in [9.17, 15) is 5.11 Å². The second-order valence-corrected chi connectivity index (χ2v) is 6.75. The average molecular weight is 337 g/mol. The molecule has 0 aliphatic carbocycles. The van der Waals surface area contributed by atoms with E-state index in [-0.39, 0.29) is 18.0 Å². The Labute approximate surface area is 147 Å². The molecule has 130 valence electrons. The molecule has 0 spiro atoms. The van der Waals surface area contributed by atoms with E-state index < -0.39 is 0 Å². The highest BCUT2D eigenvalue weighted by Crippen LogP contribution is 2.30. The minimum absolute atomic E-state index is 0.211. The van der Waals surface area contributed by atoms with Crippen molar-refractivity contribution in [3.05, 3.63) is 59.9 Å². The molecular weight excluding hydrogens is 314 g/mol. The number of nitrogens with one attached hydrogen (secondary N) is 1. The maximum absolute atomic E-state index is 9.60. The minimum atomic E-state index is -0.263. The Bertz CT molecular complexity index is 803. The van der Waals surface area contributed by atoms with Crippen LogP contribution in [0.5, 0.6) is 5.75 Å². The van der Waals surface area contributed by atoms with Crippen molar-refractivity contribution in [1.82, 2.24) is 14.9 Å². The number of hydrogen-bond acceptors (Lipinski definition) is 4. The van der Waals surface area contributed by atoms with Crippen LogP contribution in [0.15, 0.2) is 48.5 Å². The van der Waals surface area contributed by atoms with Crippen LogP contribution in [-0.2, 0) is 4.74 Å². The topological polar surface area (TPSA) is 61.4 Å². The Balaban J connectivity index is 1.66. The van der Waals surface area contributed by atoms with Gasteiger partial charge in [-0.05, 0) is 49.7 Å². The van der Waals surface area contributed by atoms with Gasteiger partial charge in [0.1, 0.15) is 17.7 Å². The molecule has 2 aromatic carbocycles. The minimum Gasteiger partial charge on any atom is -0.508 e. The average Bonchev–Trinajstić information content (AvgIpc) is 3.06. The first-order valence-electron chi connectivity index (χ1n) is 8.76. The van der Waals surface area contributed by atoms with Gasteiger partial charge >= 0.3 is 0 Å². The number of aromatic nitrogens is 2. The summed E-state index contributed by atoms with van der Waals surface area (Å²) in [5.74, 6) is 1.07. The van der Waals surface area contributed by atoms with E-state index in [0.29, 0.717) is 0 Å². The normalized spacial score (nSPS) is 17.8. The molecule has 5 nitrogen and oxygen atoms in total. The third-order valence-corrected chi connectivity index (χ3v) is 4.85. The number of fused-ring (bicyclic) bond motifs is 1. The molecule has 0 saturated carbocycles. The van der Waals surface area contributed by atoms with Crippen LogP contribution in [0.25, 0.3) is 11.0 Å². The number of aromatic hydroxyl groups is 1. The summed E-state index contributed by atoms with van der Waals surface area (Å²) in [6, 6.07) is 15.2. The van der Waals surface area contributed by atoms with Crippen molar-refractivity contribution >= 4 is 11.0 Å². The largest absolute Gasteiger partial charge is 0.508 e. The molecule has 2 heterocycles. The molecule has 0 amide bonds. The zero-order valence-corrected chi connectivity index (χ0v) is 14.4. The van der Waals surface area contributed by atoms with Crippen LogP contribution in [0.1, 0.15) is 30.3 Å². The maximum Gasteiger partial charge on any atom is 0.141 e. The number of ether oxygens (including phenoxy) is 1. The molecule has 1 aliphatic heterocycles. The molecule has 1 saturated heterocycles. The number of benzene rings is 2. The van der Waals surface area contributed by atoms with Crippen LogP contribution in [0.4, 0.5) is 0 Å². The van der Waals surface area contributed by atoms with Gasteiger partial charge in [-0.25, -0.2) is 4.98 Å². The van der Waals surface area contributed by atoms with Crippen molar-refractivity contribution in [2.24, 2.45) is 0 Å². The van der Waals surface area contributed by atoms with Crippen molar-refractivity contribution in [1.29, 1.82) is 0 Å². The van der Waals surface area contributed by atoms with Crippen LogP contribution >= 0.6 is 0 Å². The van der Waals surface area contributed by atoms with E-state index in [1.165, 1.54) is 0 Å². The lowest BCUT2D eigenvalue weighted by Gasteiger charge is -2.31. The number of H-pyrrole nitrogens is 1. The summed E-state index contributed by atoms with van der Waals surface area (Å²) in [6.45, 7) is 2.10. The fourth-order valence-electron chi connectivity index (χ4n) is 3.36. The number of rotatable bonds is 4. The Kier molecular flexibility index (Phi) is 4.42. The van der Waals surface area contributed by atoms with Gasteiger partial charge in [-0.2, -0.15) is 0 Å². The predicted molar refractivity (Wildman–Crippen MR) is 97.6 cm³/mol. The number of imidazole rings is 1. The lowest BCUT2D eigenvalue weighted by molar-refractivity contribution is -0.0264. The van der Waals surface area contributed by atoms with Crippen molar-refractivity contribution in [2.75, 3.05) is 20.1 Å². The number of phenolic OH excluding ortho intramolecular Hbond substituents is 1. The van der Waals surface area contributed by atoms with Gasteiger partial charge in [0.25, 0.3) is 0 Å². The lowest BCUT2D eigenvalue weighted by Crippen LogP contribution is -2.35. The number of para-hydroxylation sites is 2. The van der Waals surface area contributed by atoms with Gasteiger partial charge in [0.15, 0.2) is 0 Å². The van der Waals surface area contributed by atoms with E-state index >= 15 is 0 Å². The predicted octanol–water partition coefficient (Wildman–Crippen LogP) is 3.47. The van der Waals surface area contributed by atoms with E-state index in [4.69, 9.17) is 9.72 Å². The van der Waals surface area contributed by atoms with Crippen LogP contribution in [0, 0.1) is 0 Å². The fraction of sp³-hybridized carbons (Fsp3) is 0.350. The molecule has 25 heavy (non-hydrogen) atoms. The molecule has 1 atom stereocenters. The van der Waals surface area contributed by atoms with Crippen molar-refractivity contribution in [2.45, 2.75) is 25.0 Å². The first-order valence-corrected chi connectivity index (χ1v) is 8.76. The summed E-state index contributed by atoms with van der Waals surface area (Å²) in [5.41, 5.74) is 2.94. The van der Waals surface area contributed by atoms with Gasteiger partial charge in [-0.1, -0.05) is 24.3 Å². The van der Waals surface area contributed by atoms with Crippen molar-refractivity contribution < 1.29 is 9.84 Å². The molecule has 3 aromatic rings. The smallest absolute Gasteiger partial charge is 0.141 e. The molecule has 0 bridgehead atoms. The molecule has 0 radical (unpaired) electrons. The van der Waals surface area contributed by atoms with E-state index in [2.05, 4.69) is 16.9 Å². The number of piperidine rings is 1. The zero-order chi connectivity index (χ0) is 17.2. The van der Waals surface area contributed by atoms with Crippen molar-refractivity contribution in [3.63, 3.8) is 0 Å². The quantitative estimate of drug-likeness (QED) is 0.765. The van der Waals surface area contributed by atoms with Crippen LogP contribution in [-0.4, -0.2) is 46.2 Å². The van der Waals surface area contributed by atoms with Gasteiger partial charge in [-0.15, -0.1) is 0 Å². The van der Waals surface area contributed by atoms with Gasteiger partial charge in [0, 0.05) is 13.1 Å². The molecule has 2 N–H and O–H groups in total. The summed E-state index contributed by atoms with van der Waals surface area (Å²) in [5, 5.41) is 9.60. The summed E-state index contributed by atoms with van der Waals surface area (Å²) >= 11 is 0. The highest BCUT2D eigenvalue weighted by molar-refractivity contribution is 5.74. The van der Waals surface area contributed by atoms with Crippen LogP contribution in [0.3, 0.4) is 0 Å². The number of likely N-dealkylation sites (tertiary alicyclic amines) is 1. The Morgan fingerprint density at radius 3 is 2.56 bits per heavy atom. The number of aromatic amines is 1. The lowest BCUT2D eigenvalue weighted by atomic mass is 10.1. The highest BCUT2D eigenvalue weighted by Gasteiger charge is 2.25. The summed E-state index contributed by atoms with van der Waals surface area (Å²) < 4.78 is 6.48. The van der Waals surface area contributed by atoms with Gasteiger partial charge in [0.05, 0.1) is 17.1 Å². The molecule has 1 fully saturated rings. The van der Waals surface area contributed by atoms with Gasteiger partial charge in [0.2, 0.25) is 0 Å². The summed E-state index contributed by atoms with van der Waals surface area (Å²) in [7, 11) is 2.15. The van der Waals surface area contributed by atoms with E-state index in [1.54, 1.807) is 12.1 Å². The molecule has 1 unspecified atom stereocenters. The number of phenols is 1. The number of hydrogen-bond donors (Lipinski definition) is 2. The second-order valence-electron chi connectivity index (χ2n) is 6.75. The molecule has 1 aromatic heterocycles. The van der Waals surface area contributed by atoms with Crippen LogP contribution in [0.2, 0.25) is 0 Å². The molecular formula is C20H23N3O2. The second kappa shape index (κ2) is 6.86. The fourth-order valence-corrected chi connectivity index (χ4v) is 3.36. The first kappa shape index (κ1) is 16.1. The number of nitrogens with zero attached hydrogens (tertiary/aromatic N) is 2.